The Morgan fingerprint density at radius 2 is 1.89 bits per heavy atom. The maximum Gasteiger partial charge on any atom is 0.338 e. The fourth-order valence-electron chi connectivity index (χ4n) is 5.49. The van der Waals surface area contributed by atoms with Crippen molar-refractivity contribution in [3.63, 3.8) is 0 Å². The minimum atomic E-state index is -0.896. The van der Waals surface area contributed by atoms with Crippen molar-refractivity contribution in [3.05, 3.63) is 87.0 Å². The summed E-state index contributed by atoms with van der Waals surface area (Å²) in [7, 11) is 5.16. The van der Waals surface area contributed by atoms with Gasteiger partial charge in [-0.25, -0.2) is 9.79 Å². The molecule has 1 fully saturated rings. The first kappa shape index (κ1) is 31.4. The summed E-state index contributed by atoms with van der Waals surface area (Å²) in [4.78, 5) is 47.5. The number of esters is 1. The van der Waals surface area contributed by atoms with Gasteiger partial charge in [-0.1, -0.05) is 27.3 Å². The van der Waals surface area contributed by atoms with Crippen molar-refractivity contribution in [2.24, 2.45) is 4.99 Å². The van der Waals surface area contributed by atoms with E-state index in [1.807, 2.05) is 0 Å². The second-order valence-electron chi connectivity index (χ2n) is 10.5. The number of quaternary nitrogens is 1. The van der Waals surface area contributed by atoms with Gasteiger partial charge in [-0.15, -0.1) is 0 Å². The van der Waals surface area contributed by atoms with Crippen molar-refractivity contribution in [3.8, 4) is 11.5 Å². The summed E-state index contributed by atoms with van der Waals surface area (Å²) in [6.45, 7) is 6.97. The average Bonchev–Trinajstić information content (AvgIpc) is 3.30. The Labute approximate surface area is 265 Å². The molecule has 0 saturated carbocycles. The van der Waals surface area contributed by atoms with Crippen LogP contribution in [0.15, 0.2) is 55.9 Å². The standard InChI is InChI=1S/C30H32BrN5O7S/c1-6-43-29(38)26-17(2)32-30-35(27(26)20-15-23(41-4)24(42-5)16-21(20)31)28(37)25(44-30)14-18-13-19(36(39)40)7-8-22(18)34-11-9-33(3)10-12-34/h7-8,13-16,27H,6,9-12H2,1-5H3/p+1/b25-14+/t27-/m1/s1. The zero-order valence-electron chi connectivity index (χ0n) is 25.0. The molecule has 1 saturated heterocycles. The summed E-state index contributed by atoms with van der Waals surface area (Å²) in [5.74, 6) is 0.298. The number of anilines is 1. The lowest BCUT2D eigenvalue weighted by Gasteiger charge is -2.32. The summed E-state index contributed by atoms with van der Waals surface area (Å²) >= 11 is 4.76. The van der Waals surface area contributed by atoms with Crippen molar-refractivity contribution >= 4 is 50.7 Å². The topological polar surface area (TPSA) is 130 Å². The maximum atomic E-state index is 14.3. The lowest BCUT2D eigenvalue weighted by atomic mass is 9.95. The number of nitrogens with one attached hydrogen (secondary N) is 1. The number of hydrogen-bond donors (Lipinski definition) is 1. The van der Waals surface area contributed by atoms with Crippen LogP contribution in [-0.2, 0) is 9.53 Å². The summed E-state index contributed by atoms with van der Waals surface area (Å²) in [5, 5.41) is 11.7. The molecule has 1 atom stereocenters. The van der Waals surface area contributed by atoms with Gasteiger partial charge in [0, 0.05) is 27.9 Å². The minimum Gasteiger partial charge on any atom is -0.493 e. The van der Waals surface area contributed by atoms with E-state index in [9.17, 15) is 19.7 Å². The van der Waals surface area contributed by atoms with E-state index in [-0.39, 0.29) is 17.9 Å². The third-order valence-corrected chi connectivity index (χ3v) is 9.45. The monoisotopic (exact) mass is 686 g/mol. The number of benzene rings is 2. The molecule has 0 spiro atoms. The second-order valence-corrected chi connectivity index (χ2v) is 12.3. The highest BCUT2D eigenvalue weighted by atomic mass is 79.9. The molecule has 0 bridgehead atoms. The highest BCUT2D eigenvalue weighted by Crippen LogP contribution is 2.40. The van der Waals surface area contributed by atoms with Gasteiger partial charge in [0.2, 0.25) is 0 Å². The molecule has 3 heterocycles. The van der Waals surface area contributed by atoms with Crippen LogP contribution in [0.5, 0.6) is 11.5 Å². The highest BCUT2D eigenvalue weighted by Gasteiger charge is 2.35. The zero-order chi connectivity index (χ0) is 31.7. The van der Waals surface area contributed by atoms with Gasteiger partial charge in [-0.3, -0.25) is 19.5 Å². The van der Waals surface area contributed by atoms with Crippen LogP contribution in [0.3, 0.4) is 0 Å². The van der Waals surface area contributed by atoms with Gasteiger partial charge in [0.25, 0.3) is 11.2 Å². The number of carbonyl (C=O) groups excluding carboxylic acids is 1. The molecule has 0 unspecified atom stereocenters. The van der Waals surface area contributed by atoms with E-state index in [1.165, 1.54) is 35.8 Å². The van der Waals surface area contributed by atoms with Gasteiger partial charge in [-0.05, 0) is 43.7 Å². The number of ether oxygens (including phenoxy) is 3. The predicted molar refractivity (Wildman–Crippen MR) is 170 cm³/mol. The number of likely N-dealkylation sites (N-methyl/N-ethyl adjacent to an activating group) is 1. The largest absolute Gasteiger partial charge is 0.493 e. The summed E-state index contributed by atoms with van der Waals surface area (Å²) in [6, 6.07) is 7.27. The molecular formula is C30H33BrN5O7S+. The Morgan fingerprint density at radius 3 is 2.52 bits per heavy atom. The highest BCUT2D eigenvalue weighted by molar-refractivity contribution is 9.10. The number of non-ortho nitro benzene ring substituents is 1. The average molecular weight is 688 g/mol. The quantitative estimate of drug-likeness (QED) is 0.216. The van der Waals surface area contributed by atoms with Crippen molar-refractivity contribution in [1.82, 2.24) is 4.57 Å². The Balaban J connectivity index is 1.74. The number of rotatable bonds is 8. The number of nitro groups is 1. The van der Waals surface area contributed by atoms with Gasteiger partial charge >= 0.3 is 5.97 Å². The first-order valence-electron chi connectivity index (χ1n) is 14.0. The number of nitrogens with zero attached hydrogens (tertiary/aromatic N) is 4. The Bertz CT molecular complexity index is 1840. The van der Waals surface area contributed by atoms with Gasteiger partial charge in [0.1, 0.15) is 0 Å². The molecule has 2 aliphatic rings. The molecule has 2 aliphatic heterocycles. The van der Waals surface area contributed by atoms with E-state index >= 15 is 0 Å². The van der Waals surface area contributed by atoms with Crippen LogP contribution in [0.2, 0.25) is 0 Å². The molecular weight excluding hydrogens is 654 g/mol. The Kier molecular flexibility index (Phi) is 9.23. The number of thiazole rings is 1. The molecule has 14 heteroatoms. The molecule has 232 valence electrons. The third kappa shape index (κ3) is 5.88. The molecule has 1 N–H and O–H groups in total. The Morgan fingerprint density at radius 1 is 1.20 bits per heavy atom. The predicted octanol–water partition coefficient (Wildman–Crippen LogP) is 1.82. The molecule has 0 aliphatic carbocycles. The fraction of sp³-hybridized carbons (Fsp3) is 0.367. The van der Waals surface area contributed by atoms with E-state index in [1.54, 1.807) is 38.1 Å². The normalized spacial score (nSPS) is 17.3. The van der Waals surface area contributed by atoms with E-state index in [2.05, 4.69) is 32.9 Å². The number of piperazine rings is 1. The summed E-state index contributed by atoms with van der Waals surface area (Å²) in [5.41, 5.74) is 2.12. The number of halogens is 1. The Hall–Kier alpha value is -4.01. The summed E-state index contributed by atoms with van der Waals surface area (Å²) < 4.78 is 18.8. The van der Waals surface area contributed by atoms with Crippen molar-refractivity contribution in [1.29, 1.82) is 0 Å². The number of aromatic nitrogens is 1. The second kappa shape index (κ2) is 12.9. The first-order valence-corrected chi connectivity index (χ1v) is 15.6. The fourth-order valence-corrected chi connectivity index (χ4v) is 7.07. The van der Waals surface area contributed by atoms with Crippen molar-refractivity contribution in [2.45, 2.75) is 19.9 Å². The number of allylic oxidation sites excluding steroid dienone is 1. The van der Waals surface area contributed by atoms with E-state index < -0.39 is 22.5 Å². The van der Waals surface area contributed by atoms with Crippen LogP contribution in [0, 0.1) is 10.1 Å². The van der Waals surface area contributed by atoms with Crippen LogP contribution in [0.1, 0.15) is 31.0 Å². The molecule has 0 amide bonds. The number of methoxy groups -OCH3 is 2. The van der Waals surface area contributed by atoms with E-state index in [0.29, 0.717) is 42.1 Å². The van der Waals surface area contributed by atoms with Crippen LogP contribution in [-0.4, -0.2) is 69.5 Å². The van der Waals surface area contributed by atoms with Crippen LogP contribution < -0.4 is 34.2 Å². The number of hydrogen-bond acceptors (Lipinski definition) is 10. The number of nitro benzene ring substituents is 1. The van der Waals surface area contributed by atoms with Crippen molar-refractivity contribution in [2.75, 3.05) is 59.0 Å². The third-order valence-electron chi connectivity index (χ3n) is 7.78. The van der Waals surface area contributed by atoms with Gasteiger partial charge in [0.05, 0.1) is 80.8 Å². The van der Waals surface area contributed by atoms with E-state index in [4.69, 9.17) is 14.2 Å². The van der Waals surface area contributed by atoms with Crippen LogP contribution >= 0.6 is 27.3 Å². The van der Waals surface area contributed by atoms with Gasteiger partial charge < -0.3 is 24.0 Å². The zero-order valence-corrected chi connectivity index (χ0v) is 27.4. The molecule has 44 heavy (non-hydrogen) atoms. The molecule has 12 nitrogen and oxygen atoms in total. The molecule has 5 rings (SSSR count). The maximum absolute atomic E-state index is 14.3. The van der Waals surface area contributed by atoms with Gasteiger partial charge in [0.15, 0.2) is 16.3 Å². The van der Waals surface area contributed by atoms with Crippen LogP contribution in [0.4, 0.5) is 11.4 Å². The molecule has 0 radical (unpaired) electrons. The van der Waals surface area contributed by atoms with Crippen molar-refractivity contribution < 1.29 is 28.8 Å². The molecule has 3 aromatic rings. The lowest BCUT2D eigenvalue weighted by Crippen LogP contribution is -3.12. The van der Waals surface area contributed by atoms with E-state index in [0.717, 1.165) is 43.2 Å². The SMILES string of the molecule is CCOC(=O)C1=C(C)N=c2s/c(=C/c3cc([N+](=O)[O-])ccc3N3CC[NH+](C)CC3)c(=O)n2[C@@H]1c1cc(OC)c(OC)cc1Br. The molecule has 1 aromatic heterocycles. The summed E-state index contributed by atoms with van der Waals surface area (Å²) in [6.07, 6.45) is 1.68. The van der Waals surface area contributed by atoms with Crippen LogP contribution in [0.25, 0.3) is 6.08 Å². The first-order chi connectivity index (χ1) is 21.1. The number of fused-ring (bicyclic) bond motifs is 1. The smallest absolute Gasteiger partial charge is 0.338 e. The number of carbonyl (C=O) groups is 1. The van der Waals surface area contributed by atoms with Gasteiger partial charge in [-0.2, -0.15) is 0 Å². The molecule has 2 aromatic carbocycles. The minimum absolute atomic E-state index is 0.0693. The lowest BCUT2D eigenvalue weighted by molar-refractivity contribution is -0.880.